The maximum atomic E-state index is 13.2. The topological polar surface area (TPSA) is 38.8 Å². The van der Waals surface area contributed by atoms with E-state index in [0.29, 0.717) is 12.3 Å². The zero-order chi connectivity index (χ0) is 25.3. The summed E-state index contributed by atoms with van der Waals surface area (Å²) >= 11 is 0. The predicted octanol–water partition coefficient (Wildman–Crippen LogP) is 6.80. The number of fused-ring (bicyclic) bond motifs is 2. The van der Waals surface area contributed by atoms with Crippen LogP contribution < -0.4 is 0 Å². The molecule has 0 N–H and O–H groups in total. The van der Waals surface area contributed by atoms with Gasteiger partial charge >= 0.3 is 5.97 Å². The number of hydrogen-bond donors (Lipinski definition) is 0. The van der Waals surface area contributed by atoms with E-state index in [0.717, 1.165) is 25.1 Å². The predicted molar refractivity (Wildman–Crippen MR) is 141 cm³/mol. The molecule has 0 aliphatic heterocycles. The van der Waals surface area contributed by atoms with E-state index in [9.17, 15) is 4.79 Å². The number of hydrogen-bond acceptors (Lipinski definition) is 4. The summed E-state index contributed by atoms with van der Waals surface area (Å²) < 4.78 is 12.0. The van der Waals surface area contributed by atoms with E-state index >= 15 is 0 Å². The lowest BCUT2D eigenvalue weighted by molar-refractivity contribution is -0.157. The van der Waals surface area contributed by atoms with E-state index < -0.39 is 5.60 Å². The standard InChI is InChI=1S/C31H43NO3/c1-29(2,3)35-28(33)20-26(24-15-11-8-12-16-24)32(21-23-13-9-7-10-14-23)22-31-18-17-25(30(31,4)5)19-27(31)34-6/h7-16,25-27H,17-22H2,1-6H3/t25?,26-,27?,31?/m0/s1. The van der Waals surface area contributed by atoms with Gasteiger partial charge in [-0.3, -0.25) is 9.69 Å². The smallest absolute Gasteiger partial charge is 0.308 e. The van der Waals surface area contributed by atoms with Crippen molar-refractivity contribution in [2.45, 2.75) is 84.6 Å². The monoisotopic (exact) mass is 477 g/mol. The molecule has 190 valence electrons. The molecule has 3 unspecified atom stereocenters. The minimum Gasteiger partial charge on any atom is -0.460 e. The first-order valence-electron chi connectivity index (χ1n) is 13.1. The Balaban J connectivity index is 1.73. The van der Waals surface area contributed by atoms with Gasteiger partial charge in [-0.25, -0.2) is 0 Å². The van der Waals surface area contributed by atoms with Crippen molar-refractivity contribution < 1.29 is 14.3 Å². The number of esters is 1. The largest absolute Gasteiger partial charge is 0.460 e. The zero-order valence-electron chi connectivity index (χ0n) is 22.4. The van der Waals surface area contributed by atoms with E-state index in [1.807, 2.05) is 33.9 Å². The van der Waals surface area contributed by atoms with Gasteiger partial charge in [0.05, 0.1) is 12.5 Å². The molecule has 2 aromatic rings. The van der Waals surface area contributed by atoms with Crippen LogP contribution in [-0.4, -0.2) is 36.2 Å². The summed E-state index contributed by atoms with van der Waals surface area (Å²) in [5.74, 6) is 0.534. The van der Waals surface area contributed by atoms with Crippen molar-refractivity contribution in [3.8, 4) is 0 Å². The van der Waals surface area contributed by atoms with Crippen LogP contribution in [0.4, 0.5) is 0 Å². The molecule has 2 bridgehead atoms. The second kappa shape index (κ2) is 10.1. The quantitative estimate of drug-likeness (QED) is 0.372. The molecule has 2 aromatic carbocycles. The average Bonchev–Trinajstić information content (AvgIpc) is 3.18. The van der Waals surface area contributed by atoms with E-state index in [1.165, 1.54) is 18.4 Å². The second-order valence-corrected chi connectivity index (χ2v) is 12.2. The fourth-order valence-corrected chi connectivity index (χ4v) is 6.83. The van der Waals surface area contributed by atoms with Gasteiger partial charge < -0.3 is 9.47 Å². The molecule has 35 heavy (non-hydrogen) atoms. The number of carbonyl (C=O) groups excluding carboxylic acids is 1. The van der Waals surface area contributed by atoms with Gasteiger partial charge in [0.25, 0.3) is 0 Å². The fourth-order valence-electron chi connectivity index (χ4n) is 6.83. The van der Waals surface area contributed by atoms with Crippen LogP contribution in [0.2, 0.25) is 0 Å². The minimum atomic E-state index is -0.505. The molecule has 0 radical (unpaired) electrons. The fraction of sp³-hybridized carbons (Fsp3) is 0.581. The molecule has 2 aliphatic rings. The zero-order valence-corrected chi connectivity index (χ0v) is 22.4. The third-order valence-electron chi connectivity index (χ3n) is 8.76. The van der Waals surface area contributed by atoms with Crippen molar-refractivity contribution in [3.63, 3.8) is 0 Å². The number of nitrogens with zero attached hydrogens (tertiary/aromatic N) is 1. The Kier molecular flexibility index (Phi) is 7.45. The van der Waals surface area contributed by atoms with Gasteiger partial charge in [0, 0.05) is 31.7 Å². The molecule has 2 aliphatic carbocycles. The maximum Gasteiger partial charge on any atom is 0.308 e. The van der Waals surface area contributed by atoms with Gasteiger partial charge in [-0.1, -0.05) is 74.5 Å². The van der Waals surface area contributed by atoms with Crippen LogP contribution in [0.3, 0.4) is 0 Å². The highest BCUT2D eigenvalue weighted by atomic mass is 16.6. The van der Waals surface area contributed by atoms with Crippen LogP contribution in [0.1, 0.15) is 77.5 Å². The van der Waals surface area contributed by atoms with Crippen molar-refractivity contribution in [1.82, 2.24) is 4.90 Å². The molecule has 0 spiro atoms. The number of rotatable bonds is 9. The van der Waals surface area contributed by atoms with Crippen molar-refractivity contribution in [2.75, 3.05) is 13.7 Å². The molecule has 0 amide bonds. The van der Waals surface area contributed by atoms with Crippen molar-refractivity contribution in [1.29, 1.82) is 0 Å². The van der Waals surface area contributed by atoms with Gasteiger partial charge in [0.1, 0.15) is 5.60 Å². The van der Waals surface area contributed by atoms with Crippen LogP contribution in [0, 0.1) is 16.7 Å². The Morgan fingerprint density at radius 1 is 1.06 bits per heavy atom. The molecule has 4 heteroatoms. The number of methoxy groups -OCH3 is 1. The molecule has 4 rings (SSSR count). The Labute approximate surface area is 212 Å². The Morgan fingerprint density at radius 2 is 1.69 bits per heavy atom. The summed E-state index contributed by atoms with van der Waals surface area (Å²) in [6.45, 7) is 12.4. The van der Waals surface area contributed by atoms with E-state index in [-0.39, 0.29) is 28.9 Å². The first-order valence-corrected chi connectivity index (χ1v) is 13.1. The molecular weight excluding hydrogens is 434 g/mol. The van der Waals surface area contributed by atoms with Gasteiger partial charge in [-0.15, -0.1) is 0 Å². The third-order valence-corrected chi connectivity index (χ3v) is 8.76. The van der Waals surface area contributed by atoms with Crippen molar-refractivity contribution in [2.24, 2.45) is 16.7 Å². The molecule has 0 aromatic heterocycles. The second-order valence-electron chi connectivity index (χ2n) is 12.2. The van der Waals surface area contributed by atoms with Crippen molar-refractivity contribution in [3.05, 3.63) is 71.8 Å². The third kappa shape index (κ3) is 5.34. The lowest BCUT2D eigenvalue weighted by Crippen LogP contribution is -2.49. The highest BCUT2D eigenvalue weighted by Crippen LogP contribution is 2.67. The lowest BCUT2D eigenvalue weighted by Gasteiger charge is -2.47. The lowest BCUT2D eigenvalue weighted by atomic mass is 9.67. The molecule has 2 fully saturated rings. The maximum absolute atomic E-state index is 13.2. The number of ether oxygens (including phenoxy) is 2. The Bertz CT molecular complexity index is 981. The normalized spacial score (nSPS) is 26.1. The van der Waals surface area contributed by atoms with Gasteiger partial charge in [-0.2, -0.15) is 0 Å². The van der Waals surface area contributed by atoms with Gasteiger partial charge in [0.2, 0.25) is 0 Å². The van der Waals surface area contributed by atoms with Crippen LogP contribution in [0.5, 0.6) is 0 Å². The highest BCUT2D eigenvalue weighted by Gasteiger charge is 2.64. The van der Waals surface area contributed by atoms with Crippen LogP contribution in [0.15, 0.2) is 60.7 Å². The van der Waals surface area contributed by atoms with Crippen LogP contribution >= 0.6 is 0 Å². The highest BCUT2D eigenvalue weighted by molar-refractivity contribution is 5.71. The SMILES string of the molecule is COC1CC2CCC1(CN(Cc1ccccc1)[C@@H](CC(=O)OC(C)(C)C)c1ccccc1)C2(C)C. The summed E-state index contributed by atoms with van der Waals surface area (Å²) in [5, 5.41) is 0. The van der Waals surface area contributed by atoms with E-state index in [1.54, 1.807) is 0 Å². The van der Waals surface area contributed by atoms with Crippen LogP contribution in [0.25, 0.3) is 0 Å². The Morgan fingerprint density at radius 3 is 2.26 bits per heavy atom. The first kappa shape index (κ1) is 25.9. The van der Waals surface area contributed by atoms with E-state index in [4.69, 9.17) is 9.47 Å². The Hall–Kier alpha value is -2.17. The summed E-state index contributed by atoms with van der Waals surface area (Å²) in [7, 11) is 1.88. The van der Waals surface area contributed by atoms with Gasteiger partial charge in [-0.05, 0) is 62.5 Å². The summed E-state index contributed by atoms with van der Waals surface area (Å²) in [5.41, 5.74) is 2.16. The summed E-state index contributed by atoms with van der Waals surface area (Å²) in [4.78, 5) is 15.7. The first-order chi connectivity index (χ1) is 16.6. The van der Waals surface area contributed by atoms with Crippen molar-refractivity contribution >= 4 is 5.97 Å². The molecule has 0 saturated heterocycles. The summed E-state index contributed by atoms with van der Waals surface area (Å²) in [6.07, 6.45) is 4.12. The molecule has 2 saturated carbocycles. The minimum absolute atomic E-state index is 0.0577. The number of benzene rings is 2. The molecule has 4 nitrogen and oxygen atoms in total. The number of carbonyl (C=O) groups is 1. The average molecular weight is 478 g/mol. The van der Waals surface area contributed by atoms with Gasteiger partial charge in [0.15, 0.2) is 0 Å². The summed E-state index contributed by atoms with van der Waals surface area (Å²) in [6, 6.07) is 21.0. The molecular formula is C31H43NO3. The van der Waals surface area contributed by atoms with E-state index in [2.05, 4.69) is 73.3 Å². The van der Waals surface area contributed by atoms with Crippen LogP contribution in [-0.2, 0) is 20.8 Å². The molecule has 0 heterocycles. The molecule has 4 atom stereocenters.